The number of imidazole rings is 1. The van der Waals surface area contributed by atoms with Crippen molar-refractivity contribution in [2.24, 2.45) is 0 Å². The second-order valence-electron chi connectivity index (χ2n) is 6.00. The molecule has 2 aromatic carbocycles. The number of thioether (sulfide) groups is 1. The van der Waals surface area contributed by atoms with Crippen LogP contribution in [0.5, 0.6) is 5.75 Å². The summed E-state index contributed by atoms with van der Waals surface area (Å²) < 4.78 is 7.28. The van der Waals surface area contributed by atoms with E-state index in [1.165, 1.54) is 22.9 Å². The summed E-state index contributed by atoms with van der Waals surface area (Å²) in [6.45, 7) is 2.78. The van der Waals surface area contributed by atoms with Crippen molar-refractivity contribution in [2.45, 2.75) is 18.6 Å². The number of anilines is 1. The molecule has 1 amide bonds. The van der Waals surface area contributed by atoms with Gasteiger partial charge in [-0.15, -0.1) is 0 Å². The van der Waals surface area contributed by atoms with Crippen molar-refractivity contribution in [1.29, 1.82) is 0 Å². The van der Waals surface area contributed by atoms with E-state index in [4.69, 9.17) is 16.3 Å². The fourth-order valence-electron chi connectivity index (χ4n) is 2.54. The van der Waals surface area contributed by atoms with Crippen LogP contribution in [0.15, 0.2) is 60.0 Å². The third kappa shape index (κ3) is 5.28. The summed E-state index contributed by atoms with van der Waals surface area (Å²) in [5.74, 6) is 0.657. The van der Waals surface area contributed by atoms with Crippen LogP contribution in [0.1, 0.15) is 11.1 Å². The lowest BCUT2D eigenvalue weighted by atomic mass is 10.1. The van der Waals surface area contributed by atoms with E-state index in [9.17, 15) is 4.79 Å². The lowest BCUT2D eigenvalue weighted by Crippen LogP contribution is -2.15. The summed E-state index contributed by atoms with van der Waals surface area (Å²) in [6, 6.07) is 13.5. The van der Waals surface area contributed by atoms with Gasteiger partial charge in [0.05, 0.1) is 18.6 Å². The Balaban J connectivity index is 1.61. The van der Waals surface area contributed by atoms with Gasteiger partial charge in [-0.05, 0) is 30.7 Å². The molecule has 7 heteroatoms. The second kappa shape index (κ2) is 8.97. The van der Waals surface area contributed by atoms with Gasteiger partial charge in [0.2, 0.25) is 5.91 Å². The Hall–Kier alpha value is -2.44. The number of ether oxygens (including phenoxy) is 1. The highest BCUT2D eigenvalue weighted by Gasteiger charge is 2.11. The van der Waals surface area contributed by atoms with E-state index in [0.29, 0.717) is 23.0 Å². The SMILES string of the molecule is COc1ccc(Cl)cc1NC(=O)CSc1nccn1Cc1ccc(C)cc1. The van der Waals surface area contributed by atoms with Crippen LogP contribution in [0.3, 0.4) is 0 Å². The van der Waals surface area contributed by atoms with Gasteiger partial charge in [-0.25, -0.2) is 4.98 Å². The highest BCUT2D eigenvalue weighted by atomic mass is 35.5. The normalized spacial score (nSPS) is 10.6. The van der Waals surface area contributed by atoms with E-state index in [2.05, 4.69) is 41.5 Å². The molecule has 3 aromatic rings. The van der Waals surface area contributed by atoms with E-state index in [-0.39, 0.29) is 11.7 Å². The van der Waals surface area contributed by atoms with E-state index >= 15 is 0 Å². The first kappa shape index (κ1) is 19.3. The van der Waals surface area contributed by atoms with Crippen LogP contribution in [-0.4, -0.2) is 28.3 Å². The van der Waals surface area contributed by atoms with E-state index in [1.54, 1.807) is 31.5 Å². The number of methoxy groups -OCH3 is 1. The smallest absolute Gasteiger partial charge is 0.234 e. The van der Waals surface area contributed by atoms with Crippen LogP contribution in [-0.2, 0) is 11.3 Å². The molecule has 0 fully saturated rings. The first-order valence-electron chi connectivity index (χ1n) is 8.38. The molecule has 1 aromatic heterocycles. The van der Waals surface area contributed by atoms with Crippen molar-refractivity contribution in [3.05, 3.63) is 71.0 Å². The third-order valence-electron chi connectivity index (χ3n) is 3.92. The second-order valence-corrected chi connectivity index (χ2v) is 7.38. The Bertz CT molecular complexity index is 925. The summed E-state index contributed by atoms with van der Waals surface area (Å²) in [5, 5.41) is 4.16. The van der Waals surface area contributed by atoms with Crippen molar-refractivity contribution in [1.82, 2.24) is 9.55 Å². The van der Waals surface area contributed by atoms with Gasteiger partial charge in [-0.2, -0.15) is 0 Å². The van der Waals surface area contributed by atoms with Crippen molar-refractivity contribution in [2.75, 3.05) is 18.2 Å². The quantitative estimate of drug-likeness (QED) is 0.586. The van der Waals surface area contributed by atoms with Gasteiger partial charge in [0, 0.05) is 24.0 Å². The van der Waals surface area contributed by atoms with Crippen LogP contribution < -0.4 is 10.1 Å². The molecule has 0 aliphatic heterocycles. The molecule has 0 spiro atoms. The number of aryl methyl sites for hydroxylation is 1. The van der Waals surface area contributed by atoms with Crippen molar-refractivity contribution >= 4 is 35.0 Å². The monoisotopic (exact) mass is 401 g/mol. The highest BCUT2D eigenvalue weighted by Crippen LogP contribution is 2.28. The molecule has 0 saturated carbocycles. The standard InChI is InChI=1S/C20H20ClN3O2S/c1-14-3-5-15(6-4-14)12-24-10-9-22-20(24)27-13-19(25)23-17-11-16(21)7-8-18(17)26-2/h3-11H,12-13H2,1-2H3,(H,23,25). The predicted molar refractivity (Wildman–Crippen MR) is 110 cm³/mol. The first-order valence-corrected chi connectivity index (χ1v) is 9.74. The van der Waals surface area contributed by atoms with Gasteiger partial charge < -0.3 is 14.6 Å². The average molecular weight is 402 g/mol. The average Bonchev–Trinajstić information content (AvgIpc) is 3.09. The largest absolute Gasteiger partial charge is 0.495 e. The molecule has 0 saturated heterocycles. The van der Waals surface area contributed by atoms with Crippen molar-refractivity contribution in [3.63, 3.8) is 0 Å². The molecule has 0 aliphatic carbocycles. The molecule has 0 bridgehead atoms. The van der Waals surface area contributed by atoms with Crippen molar-refractivity contribution < 1.29 is 9.53 Å². The molecule has 27 heavy (non-hydrogen) atoms. The Labute approximate surface area is 167 Å². The summed E-state index contributed by atoms with van der Waals surface area (Å²) in [5.41, 5.74) is 2.97. The topological polar surface area (TPSA) is 56.1 Å². The van der Waals surface area contributed by atoms with Gasteiger partial charge in [-0.3, -0.25) is 4.79 Å². The van der Waals surface area contributed by atoms with E-state index < -0.39 is 0 Å². The number of hydrogen-bond donors (Lipinski definition) is 1. The van der Waals surface area contributed by atoms with Crippen LogP contribution >= 0.6 is 23.4 Å². The molecule has 140 valence electrons. The Morgan fingerprint density at radius 1 is 1.26 bits per heavy atom. The third-order valence-corrected chi connectivity index (χ3v) is 5.16. The number of nitrogens with one attached hydrogen (secondary N) is 1. The molecular formula is C20H20ClN3O2S. The Morgan fingerprint density at radius 3 is 2.78 bits per heavy atom. The fraction of sp³-hybridized carbons (Fsp3) is 0.200. The molecular weight excluding hydrogens is 382 g/mol. The number of rotatable bonds is 7. The number of hydrogen-bond acceptors (Lipinski definition) is 4. The zero-order valence-electron chi connectivity index (χ0n) is 15.1. The van der Waals surface area contributed by atoms with Crippen LogP contribution in [0, 0.1) is 6.92 Å². The number of carbonyl (C=O) groups is 1. The Morgan fingerprint density at radius 2 is 2.04 bits per heavy atom. The molecule has 5 nitrogen and oxygen atoms in total. The molecule has 0 aliphatic rings. The van der Waals surface area contributed by atoms with Gasteiger partial charge in [0.25, 0.3) is 0 Å². The number of nitrogens with zero attached hydrogens (tertiary/aromatic N) is 2. The van der Waals surface area contributed by atoms with Crippen molar-refractivity contribution in [3.8, 4) is 5.75 Å². The zero-order valence-corrected chi connectivity index (χ0v) is 16.7. The summed E-state index contributed by atoms with van der Waals surface area (Å²) in [4.78, 5) is 16.7. The fourth-order valence-corrected chi connectivity index (χ4v) is 3.47. The van der Waals surface area contributed by atoms with Crippen LogP contribution in [0.25, 0.3) is 0 Å². The predicted octanol–water partition coefficient (Wildman–Crippen LogP) is 4.63. The summed E-state index contributed by atoms with van der Waals surface area (Å²) in [7, 11) is 1.55. The highest BCUT2D eigenvalue weighted by molar-refractivity contribution is 7.99. The maximum atomic E-state index is 12.3. The molecule has 0 unspecified atom stereocenters. The number of carbonyl (C=O) groups excluding carboxylic acids is 1. The van der Waals surface area contributed by atoms with Gasteiger partial charge in [0.1, 0.15) is 5.75 Å². The van der Waals surface area contributed by atoms with E-state index in [1.807, 2.05) is 10.8 Å². The molecule has 0 atom stereocenters. The number of amides is 1. The molecule has 0 radical (unpaired) electrons. The summed E-state index contributed by atoms with van der Waals surface area (Å²) >= 11 is 7.38. The van der Waals surface area contributed by atoms with Crippen LogP contribution in [0.2, 0.25) is 5.02 Å². The molecule has 1 heterocycles. The van der Waals surface area contributed by atoms with Gasteiger partial charge in [0.15, 0.2) is 5.16 Å². The number of halogens is 1. The van der Waals surface area contributed by atoms with Gasteiger partial charge >= 0.3 is 0 Å². The van der Waals surface area contributed by atoms with Crippen LogP contribution in [0.4, 0.5) is 5.69 Å². The van der Waals surface area contributed by atoms with E-state index in [0.717, 1.165) is 5.16 Å². The first-order chi connectivity index (χ1) is 13.0. The minimum atomic E-state index is -0.148. The number of benzene rings is 2. The lowest BCUT2D eigenvalue weighted by molar-refractivity contribution is -0.113. The Kier molecular flexibility index (Phi) is 6.42. The molecule has 1 N–H and O–H groups in total. The molecule has 3 rings (SSSR count). The maximum absolute atomic E-state index is 12.3. The lowest BCUT2D eigenvalue weighted by Gasteiger charge is -2.11. The minimum Gasteiger partial charge on any atom is -0.495 e. The minimum absolute atomic E-state index is 0.148. The zero-order chi connectivity index (χ0) is 19.2. The summed E-state index contributed by atoms with van der Waals surface area (Å²) in [6.07, 6.45) is 3.66. The van der Waals surface area contributed by atoms with Gasteiger partial charge in [-0.1, -0.05) is 53.2 Å². The maximum Gasteiger partial charge on any atom is 0.234 e. The number of aromatic nitrogens is 2.